The number of halogens is 3. The van der Waals surface area contributed by atoms with Gasteiger partial charge < -0.3 is 0 Å². The van der Waals surface area contributed by atoms with Gasteiger partial charge in [-0.25, -0.2) is 0 Å². The summed E-state index contributed by atoms with van der Waals surface area (Å²) >= 11 is 10.2. The lowest BCUT2D eigenvalue weighted by Crippen LogP contribution is -2.01. The first kappa shape index (κ1) is 15.7. The molecule has 0 N–H and O–H groups in total. The third kappa shape index (κ3) is 4.38. The highest BCUT2D eigenvalue weighted by Crippen LogP contribution is 2.40. The van der Waals surface area contributed by atoms with E-state index < -0.39 is 2.14 Å². The maximum Gasteiger partial charge on any atom is 0.159 e. The molecule has 0 amide bonds. The van der Waals surface area contributed by atoms with Gasteiger partial charge in [0.05, 0.1) is 11.6 Å². The molecule has 1 rings (SSSR count). The molecule has 0 aromatic carbocycles. The molecule has 0 radical (unpaired) electrons. The van der Waals surface area contributed by atoms with Crippen LogP contribution in [0.4, 0.5) is 0 Å². The van der Waals surface area contributed by atoms with E-state index in [1.54, 1.807) is 0 Å². The van der Waals surface area contributed by atoms with Crippen LogP contribution in [0.25, 0.3) is 0 Å². The Kier molecular flexibility index (Phi) is 5.84. The number of rotatable bonds is 3. The molecule has 1 nitrogen and oxygen atoms in total. The largest absolute Gasteiger partial charge is 0.192 e. The molecule has 0 spiro atoms. The van der Waals surface area contributed by atoms with Crippen molar-refractivity contribution in [2.24, 2.45) is 0 Å². The minimum Gasteiger partial charge on any atom is -0.192 e. The average Bonchev–Trinajstić information content (AvgIpc) is 2.34. The molecule has 0 aromatic rings. The van der Waals surface area contributed by atoms with Crippen LogP contribution in [0.15, 0.2) is 59.8 Å². The second-order valence-corrected chi connectivity index (χ2v) is 10.6. The zero-order valence-corrected chi connectivity index (χ0v) is 14.5. The first-order valence-electron chi connectivity index (χ1n) is 5.29. The number of nitrogens with zero attached hydrogens (tertiary/aromatic N) is 1. The fourth-order valence-electron chi connectivity index (χ4n) is 1.50. The Morgan fingerprint density at radius 1 is 1.33 bits per heavy atom. The minimum absolute atomic E-state index is 0.497. The van der Waals surface area contributed by atoms with E-state index in [-0.39, 0.29) is 0 Å². The smallest absolute Gasteiger partial charge is 0.159 e. The Morgan fingerprint density at radius 3 is 2.56 bits per heavy atom. The van der Waals surface area contributed by atoms with Gasteiger partial charge in [-0.15, -0.1) is 0 Å². The fraction of sp³-hybridized carbons (Fsp3) is 0.214. The number of alkyl halides is 3. The van der Waals surface area contributed by atoms with E-state index in [0.717, 1.165) is 29.6 Å². The van der Waals surface area contributed by atoms with Crippen LogP contribution >= 0.6 is 47.8 Å². The van der Waals surface area contributed by atoms with Crippen LogP contribution in [-0.2, 0) is 0 Å². The van der Waals surface area contributed by atoms with Crippen molar-refractivity contribution in [1.82, 2.24) is 0 Å². The van der Waals surface area contributed by atoms with Crippen LogP contribution in [0, 0.1) is 11.3 Å². The van der Waals surface area contributed by atoms with Crippen molar-refractivity contribution < 1.29 is 0 Å². The van der Waals surface area contributed by atoms with Crippen LogP contribution in [-0.4, -0.2) is 2.14 Å². The van der Waals surface area contributed by atoms with Crippen molar-refractivity contribution >= 4 is 47.8 Å². The van der Waals surface area contributed by atoms with Gasteiger partial charge in [-0.05, 0) is 35.6 Å². The van der Waals surface area contributed by atoms with Crippen LogP contribution in [0.3, 0.4) is 0 Å². The van der Waals surface area contributed by atoms with Crippen LogP contribution in [0.1, 0.15) is 12.8 Å². The maximum atomic E-state index is 9.05. The van der Waals surface area contributed by atoms with E-state index in [2.05, 4.69) is 67.0 Å². The summed E-state index contributed by atoms with van der Waals surface area (Å²) in [5, 5.41) is 9.05. The summed E-state index contributed by atoms with van der Waals surface area (Å²) in [6, 6.07) is 2.20. The summed E-state index contributed by atoms with van der Waals surface area (Å²) in [6.07, 6.45) is 9.42. The molecule has 0 saturated carbocycles. The van der Waals surface area contributed by atoms with Crippen LogP contribution in [0.5, 0.6) is 0 Å². The Balaban J connectivity index is 2.87. The summed E-state index contributed by atoms with van der Waals surface area (Å²) in [5.74, 6) is 0. The third-order valence-electron chi connectivity index (χ3n) is 2.53. The van der Waals surface area contributed by atoms with E-state index in [4.69, 9.17) is 5.26 Å². The highest BCUT2D eigenvalue weighted by molar-refractivity contribution is 9.39. The summed E-state index contributed by atoms with van der Waals surface area (Å²) in [5.41, 5.74) is 3.38. The van der Waals surface area contributed by atoms with Crippen molar-refractivity contribution in [2.75, 3.05) is 0 Å². The van der Waals surface area contributed by atoms with Gasteiger partial charge in [0, 0.05) is 0 Å². The number of hydrogen-bond acceptors (Lipinski definition) is 1. The first-order chi connectivity index (χ1) is 8.36. The lowest BCUT2D eigenvalue weighted by atomic mass is 9.92. The molecule has 0 unspecified atom stereocenters. The van der Waals surface area contributed by atoms with E-state index >= 15 is 0 Å². The molecule has 94 valence electrons. The van der Waals surface area contributed by atoms with E-state index in [0.29, 0.717) is 5.57 Å². The van der Waals surface area contributed by atoms with Gasteiger partial charge in [0.2, 0.25) is 0 Å². The molecule has 4 heteroatoms. The van der Waals surface area contributed by atoms with Gasteiger partial charge in [0.1, 0.15) is 0 Å². The third-order valence-corrected chi connectivity index (χ3v) is 4.06. The average molecular weight is 434 g/mol. The molecule has 0 aliphatic heterocycles. The second kappa shape index (κ2) is 6.70. The van der Waals surface area contributed by atoms with E-state index in [9.17, 15) is 0 Å². The van der Waals surface area contributed by atoms with Crippen molar-refractivity contribution in [2.45, 2.75) is 15.0 Å². The molecular weight excluding hydrogens is 422 g/mol. The number of nitriles is 1. The van der Waals surface area contributed by atoms with Gasteiger partial charge in [-0.3, -0.25) is 0 Å². The first-order valence-corrected chi connectivity index (χ1v) is 7.67. The molecule has 0 fully saturated rings. The SMILES string of the molecule is C=C(/C=C\C(=C)C(Br)(Br)Br)C1=C(C#N)C=CCC1. The van der Waals surface area contributed by atoms with Gasteiger partial charge >= 0.3 is 0 Å². The van der Waals surface area contributed by atoms with Crippen LogP contribution < -0.4 is 0 Å². The van der Waals surface area contributed by atoms with Gasteiger partial charge in [-0.2, -0.15) is 5.26 Å². The molecular formula is C14H12Br3N. The molecule has 0 atom stereocenters. The molecule has 0 bridgehead atoms. The van der Waals surface area contributed by atoms with E-state index in [1.807, 2.05) is 24.3 Å². The molecule has 1 aliphatic rings. The molecule has 1 aliphatic carbocycles. The van der Waals surface area contributed by atoms with Crippen molar-refractivity contribution in [3.63, 3.8) is 0 Å². The predicted octanol–water partition coefficient (Wildman–Crippen LogP) is 5.66. The molecule has 0 heterocycles. The second-order valence-electron chi connectivity index (χ2n) is 3.83. The predicted molar refractivity (Wildman–Crippen MR) is 87.9 cm³/mol. The molecule has 0 aromatic heterocycles. The topological polar surface area (TPSA) is 23.8 Å². The van der Waals surface area contributed by atoms with Gasteiger partial charge in [-0.1, -0.05) is 79.2 Å². The van der Waals surface area contributed by atoms with Crippen molar-refractivity contribution in [3.05, 3.63) is 59.8 Å². The Labute approximate surface area is 133 Å². The fourth-order valence-corrected chi connectivity index (χ4v) is 1.90. The minimum atomic E-state index is -0.497. The van der Waals surface area contributed by atoms with Crippen LogP contribution in [0.2, 0.25) is 0 Å². The summed E-state index contributed by atoms with van der Waals surface area (Å²) in [4.78, 5) is 0. The quantitative estimate of drug-likeness (QED) is 0.416. The van der Waals surface area contributed by atoms with Gasteiger partial charge in [0.15, 0.2) is 2.14 Å². The van der Waals surface area contributed by atoms with Crippen molar-refractivity contribution in [1.29, 1.82) is 5.26 Å². The van der Waals surface area contributed by atoms with E-state index in [1.165, 1.54) is 0 Å². The lowest BCUT2D eigenvalue weighted by molar-refractivity contribution is 0.967. The summed E-state index contributed by atoms with van der Waals surface area (Å²) in [6.45, 7) is 7.93. The molecule has 0 saturated heterocycles. The van der Waals surface area contributed by atoms with Gasteiger partial charge in [0.25, 0.3) is 0 Å². The zero-order valence-electron chi connectivity index (χ0n) is 9.72. The zero-order chi connectivity index (χ0) is 13.8. The Hall–Kier alpha value is -0.370. The lowest BCUT2D eigenvalue weighted by Gasteiger charge is -2.14. The van der Waals surface area contributed by atoms with Crippen molar-refractivity contribution in [3.8, 4) is 6.07 Å². The normalized spacial score (nSPS) is 15.9. The number of hydrogen-bond donors (Lipinski definition) is 0. The monoisotopic (exact) mass is 431 g/mol. The molecule has 18 heavy (non-hydrogen) atoms. The Bertz CT molecular complexity index is 496. The maximum absolute atomic E-state index is 9.05. The standard InChI is InChI=1S/C14H12Br3N/c1-10(7-8-11(2)14(15,16)17)13-6-4-3-5-12(13)9-18/h3,5,7-8H,1-2,4,6H2/b8-7-. The Morgan fingerprint density at radius 2 is 2.00 bits per heavy atom. The highest BCUT2D eigenvalue weighted by Gasteiger charge is 2.19. The summed E-state index contributed by atoms with van der Waals surface area (Å²) in [7, 11) is 0. The number of allylic oxidation sites excluding steroid dienone is 8. The summed E-state index contributed by atoms with van der Waals surface area (Å²) < 4.78 is -0.497. The highest BCUT2D eigenvalue weighted by atomic mass is 80.0.